The number of methoxy groups -OCH3 is 1. The van der Waals surface area contributed by atoms with Gasteiger partial charge in [0.15, 0.2) is 0 Å². The van der Waals surface area contributed by atoms with Crippen molar-refractivity contribution in [2.75, 3.05) is 13.4 Å². The molecular weight excluding hydrogens is 164 g/mol. The van der Waals surface area contributed by atoms with Gasteiger partial charge in [-0.2, -0.15) is 0 Å². The molecule has 0 heterocycles. The van der Waals surface area contributed by atoms with Crippen molar-refractivity contribution < 1.29 is 14.6 Å². The third-order valence-corrected chi connectivity index (χ3v) is 2.47. The fourth-order valence-electron chi connectivity index (χ4n) is 0.741. The highest BCUT2D eigenvalue weighted by atomic mass is 32.2. The molecule has 0 bridgehead atoms. The van der Waals surface area contributed by atoms with Crippen LogP contribution in [-0.4, -0.2) is 35.8 Å². The van der Waals surface area contributed by atoms with E-state index >= 15 is 0 Å². The van der Waals surface area contributed by atoms with Crippen molar-refractivity contribution in [1.82, 2.24) is 0 Å². The topological polar surface area (TPSA) is 46.5 Å². The number of thioether (sulfide) groups is 1. The number of carbonyl (C=O) groups excluding carboxylic acids is 1. The van der Waals surface area contributed by atoms with Crippen molar-refractivity contribution in [3.8, 4) is 0 Å². The molecule has 0 aromatic rings. The first kappa shape index (κ1) is 10.8. The molecule has 0 saturated heterocycles. The van der Waals surface area contributed by atoms with Gasteiger partial charge in [-0.05, 0) is 12.7 Å². The van der Waals surface area contributed by atoms with Crippen LogP contribution in [-0.2, 0) is 9.53 Å². The molecule has 4 heteroatoms. The van der Waals surface area contributed by atoms with Crippen molar-refractivity contribution in [3.63, 3.8) is 0 Å². The Labute approximate surface area is 71.1 Å². The average molecular weight is 178 g/mol. The van der Waals surface area contributed by atoms with Crippen LogP contribution < -0.4 is 0 Å². The van der Waals surface area contributed by atoms with Crippen LogP contribution in [0.5, 0.6) is 0 Å². The molecule has 0 aliphatic rings. The molecule has 0 aliphatic carbocycles. The number of ether oxygens (including phenoxy) is 1. The van der Waals surface area contributed by atoms with Crippen LogP contribution in [0.2, 0.25) is 0 Å². The summed E-state index contributed by atoms with van der Waals surface area (Å²) in [6.07, 6.45) is 1.75. The number of aliphatic hydroxyl groups is 1. The Morgan fingerprint density at radius 2 is 2.27 bits per heavy atom. The lowest BCUT2D eigenvalue weighted by atomic mass is 10.2. The maximum absolute atomic E-state index is 10.9. The second-order valence-corrected chi connectivity index (χ2v) is 3.13. The smallest absolute Gasteiger partial charge is 0.321 e. The molecule has 11 heavy (non-hydrogen) atoms. The number of rotatable bonds is 4. The first-order valence-electron chi connectivity index (χ1n) is 3.46. The summed E-state index contributed by atoms with van der Waals surface area (Å²) in [6, 6.07) is 0. The summed E-state index contributed by atoms with van der Waals surface area (Å²) in [5, 5.41) is 8.86. The highest BCUT2D eigenvalue weighted by Crippen LogP contribution is 2.14. The Balaban J connectivity index is 4.03. The van der Waals surface area contributed by atoms with E-state index in [9.17, 15) is 9.90 Å². The van der Waals surface area contributed by atoms with Gasteiger partial charge in [-0.15, -0.1) is 11.8 Å². The lowest BCUT2D eigenvalue weighted by molar-refractivity contribution is -0.142. The number of hydrogen-bond donors (Lipinski definition) is 1. The van der Waals surface area contributed by atoms with Gasteiger partial charge in [0.05, 0.1) is 13.2 Å². The number of aliphatic hydroxyl groups excluding tert-OH is 1. The summed E-state index contributed by atoms with van der Waals surface area (Å²) in [7, 11) is 1.33. The van der Waals surface area contributed by atoms with E-state index in [1.54, 1.807) is 6.26 Å². The fourth-order valence-corrected chi connectivity index (χ4v) is 1.54. The maximum Gasteiger partial charge on any atom is 0.321 e. The third kappa shape index (κ3) is 3.12. The molecule has 0 aromatic carbocycles. The van der Waals surface area contributed by atoms with E-state index in [-0.39, 0.29) is 5.97 Å². The lowest BCUT2D eigenvalue weighted by Gasteiger charge is -2.16. The zero-order valence-electron chi connectivity index (χ0n) is 7.03. The molecule has 66 valence electrons. The van der Waals surface area contributed by atoms with Crippen LogP contribution in [0.25, 0.3) is 0 Å². The molecule has 0 amide bonds. The molecule has 0 aliphatic heterocycles. The normalized spacial score (nSPS) is 15.6. The SMILES string of the molecule is CC[C@@H](O)[C@H](SC)C(=O)OC. The second kappa shape index (κ2) is 5.43. The molecule has 0 fully saturated rings. The predicted molar refractivity (Wildman–Crippen MR) is 45.6 cm³/mol. The summed E-state index contributed by atoms with van der Waals surface area (Å²) in [5.74, 6) is -0.355. The van der Waals surface area contributed by atoms with Crippen molar-refractivity contribution in [3.05, 3.63) is 0 Å². The number of hydrogen-bond acceptors (Lipinski definition) is 4. The summed E-state index contributed by atoms with van der Waals surface area (Å²) in [6.45, 7) is 1.83. The molecule has 1 N–H and O–H groups in total. The fraction of sp³-hybridized carbons (Fsp3) is 0.857. The van der Waals surface area contributed by atoms with E-state index in [1.807, 2.05) is 6.92 Å². The summed E-state index contributed by atoms with van der Waals surface area (Å²) >= 11 is 1.31. The van der Waals surface area contributed by atoms with Crippen LogP contribution in [0.1, 0.15) is 13.3 Å². The van der Waals surface area contributed by atoms with Crippen LogP contribution in [0.15, 0.2) is 0 Å². The van der Waals surface area contributed by atoms with Gasteiger partial charge in [0.1, 0.15) is 5.25 Å². The number of carbonyl (C=O) groups is 1. The van der Waals surface area contributed by atoms with Gasteiger partial charge < -0.3 is 9.84 Å². The molecule has 3 nitrogen and oxygen atoms in total. The van der Waals surface area contributed by atoms with Crippen LogP contribution in [0.3, 0.4) is 0 Å². The minimum Gasteiger partial charge on any atom is -0.468 e. The van der Waals surface area contributed by atoms with Gasteiger partial charge in [-0.25, -0.2) is 0 Å². The Morgan fingerprint density at radius 3 is 2.55 bits per heavy atom. The van der Waals surface area contributed by atoms with Crippen molar-refractivity contribution in [2.45, 2.75) is 24.7 Å². The van der Waals surface area contributed by atoms with E-state index in [4.69, 9.17) is 0 Å². The minimum absolute atomic E-state index is 0.355. The van der Waals surface area contributed by atoms with Gasteiger partial charge in [0.2, 0.25) is 0 Å². The average Bonchev–Trinajstić information content (AvgIpc) is 2.05. The molecular formula is C7H14O3S. The molecule has 0 radical (unpaired) electrons. The Hall–Kier alpha value is -0.220. The van der Waals surface area contributed by atoms with Crippen LogP contribution >= 0.6 is 11.8 Å². The molecule has 2 atom stereocenters. The van der Waals surface area contributed by atoms with E-state index in [0.29, 0.717) is 6.42 Å². The Morgan fingerprint density at radius 1 is 1.73 bits per heavy atom. The second-order valence-electron chi connectivity index (χ2n) is 2.16. The van der Waals surface area contributed by atoms with Crippen LogP contribution in [0.4, 0.5) is 0 Å². The molecule has 0 saturated carbocycles. The standard InChI is InChI=1S/C7H14O3S/c1-4-5(8)6(11-3)7(9)10-2/h5-6,8H,4H2,1-3H3/t5-,6+/m1/s1. The highest BCUT2D eigenvalue weighted by Gasteiger charge is 2.24. The third-order valence-electron chi connectivity index (χ3n) is 1.46. The summed E-state index contributed by atoms with van der Waals surface area (Å²) in [5.41, 5.74) is 0. The van der Waals surface area contributed by atoms with Gasteiger partial charge in [0.25, 0.3) is 0 Å². The van der Waals surface area contributed by atoms with E-state index < -0.39 is 11.4 Å². The Bertz CT molecular complexity index is 127. The van der Waals surface area contributed by atoms with Gasteiger partial charge in [0, 0.05) is 0 Å². The molecule has 0 unspecified atom stereocenters. The van der Waals surface area contributed by atoms with Crippen molar-refractivity contribution >= 4 is 17.7 Å². The van der Waals surface area contributed by atoms with Gasteiger partial charge in [-0.1, -0.05) is 6.92 Å². The number of esters is 1. The summed E-state index contributed by atoms with van der Waals surface area (Å²) in [4.78, 5) is 10.9. The first-order valence-corrected chi connectivity index (χ1v) is 4.74. The lowest BCUT2D eigenvalue weighted by Crippen LogP contribution is -2.31. The van der Waals surface area contributed by atoms with Gasteiger partial charge in [-0.3, -0.25) is 4.79 Å². The minimum atomic E-state index is -0.600. The summed E-state index contributed by atoms with van der Waals surface area (Å²) < 4.78 is 4.51. The zero-order valence-corrected chi connectivity index (χ0v) is 7.85. The zero-order chi connectivity index (χ0) is 8.85. The van der Waals surface area contributed by atoms with E-state index in [1.165, 1.54) is 18.9 Å². The van der Waals surface area contributed by atoms with Crippen molar-refractivity contribution in [1.29, 1.82) is 0 Å². The molecule has 0 rings (SSSR count). The molecule has 0 spiro atoms. The maximum atomic E-state index is 10.9. The quantitative estimate of drug-likeness (QED) is 0.642. The Kier molecular flexibility index (Phi) is 5.32. The monoisotopic (exact) mass is 178 g/mol. The van der Waals surface area contributed by atoms with Gasteiger partial charge >= 0.3 is 5.97 Å². The predicted octanol–water partition coefficient (Wildman–Crippen LogP) is 0.662. The molecule has 0 aromatic heterocycles. The largest absolute Gasteiger partial charge is 0.468 e. The van der Waals surface area contributed by atoms with E-state index in [0.717, 1.165) is 0 Å². The first-order chi connectivity index (χ1) is 5.17. The van der Waals surface area contributed by atoms with Crippen molar-refractivity contribution in [2.24, 2.45) is 0 Å². The van der Waals surface area contributed by atoms with E-state index in [2.05, 4.69) is 4.74 Å². The highest BCUT2D eigenvalue weighted by molar-refractivity contribution is 7.99. The van der Waals surface area contributed by atoms with Crippen LogP contribution in [0, 0.1) is 0 Å².